The number of terminal acetylenes is 1. The maximum absolute atomic E-state index is 11.0. The lowest BCUT2D eigenvalue weighted by Crippen LogP contribution is -2.11. The molecular weight excluding hydrogens is 152 g/mol. The summed E-state index contributed by atoms with van der Waals surface area (Å²) in [5.74, 6) is 2.49. The smallest absolute Gasteiger partial charge is 0.177 e. The average molecular weight is 162 g/mol. The van der Waals surface area contributed by atoms with Gasteiger partial charge in [0.15, 0.2) is 5.78 Å². The second-order valence-electron chi connectivity index (χ2n) is 2.56. The summed E-state index contributed by atoms with van der Waals surface area (Å²) in [6.07, 6.45) is 6.78. The van der Waals surface area contributed by atoms with Crippen molar-refractivity contribution >= 4 is 5.78 Å². The number of hydrogen-bond acceptors (Lipinski definition) is 2. The predicted octanol–water partition coefficient (Wildman–Crippen LogP) is 1.28. The minimum Gasteiger partial charge on any atom is -0.293 e. The number of carbonyl (C=O) groups is 1. The van der Waals surface area contributed by atoms with Crippen molar-refractivity contribution in [3.8, 4) is 12.3 Å². The summed E-state index contributed by atoms with van der Waals surface area (Å²) in [5.41, 5.74) is 0.556. The van der Waals surface area contributed by atoms with Crippen LogP contribution in [0.3, 0.4) is 0 Å². The van der Waals surface area contributed by atoms with Crippen LogP contribution in [0.25, 0.3) is 0 Å². The van der Waals surface area contributed by atoms with Gasteiger partial charge in [-0.15, -0.1) is 6.42 Å². The van der Waals surface area contributed by atoms with Crippen LogP contribution in [0, 0.1) is 12.3 Å². The molecular formula is C9H10N2O. The fourth-order valence-electron chi connectivity index (χ4n) is 0.972. The first-order valence-electron chi connectivity index (χ1n) is 3.67. The van der Waals surface area contributed by atoms with Gasteiger partial charge in [0.25, 0.3) is 0 Å². The zero-order valence-electron chi connectivity index (χ0n) is 7.11. The van der Waals surface area contributed by atoms with Gasteiger partial charge in [-0.25, -0.2) is 4.68 Å². The van der Waals surface area contributed by atoms with E-state index in [0.717, 1.165) is 0 Å². The molecule has 0 N–H and O–H groups in total. The summed E-state index contributed by atoms with van der Waals surface area (Å²) < 4.78 is 1.54. The summed E-state index contributed by atoms with van der Waals surface area (Å²) >= 11 is 0. The van der Waals surface area contributed by atoms with Crippen molar-refractivity contribution in [2.75, 3.05) is 0 Å². The van der Waals surface area contributed by atoms with Gasteiger partial charge >= 0.3 is 0 Å². The third-order valence-corrected chi connectivity index (χ3v) is 1.64. The zero-order valence-corrected chi connectivity index (χ0v) is 7.11. The van der Waals surface area contributed by atoms with Crippen molar-refractivity contribution in [3.05, 3.63) is 18.0 Å². The van der Waals surface area contributed by atoms with E-state index in [2.05, 4.69) is 11.0 Å². The van der Waals surface area contributed by atoms with Crippen LogP contribution in [-0.2, 0) is 0 Å². The number of aromatic nitrogens is 2. The van der Waals surface area contributed by atoms with Crippen molar-refractivity contribution < 1.29 is 4.79 Å². The second kappa shape index (κ2) is 3.22. The molecule has 0 aliphatic carbocycles. The predicted molar refractivity (Wildman–Crippen MR) is 45.8 cm³/mol. The van der Waals surface area contributed by atoms with Crippen LogP contribution >= 0.6 is 0 Å². The number of hydrogen-bond donors (Lipinski definition) is 0. The first-order valence-corrected chi connectivity index (χ1v) is 3.67. The fourth-order valence-corrected chi connectivity index (χ4v) is 0.972. The molecule has 0 aromatic carbocycles. The Kier molecular flexibility index (Phi) is 2.29. The normalized spacial score (nSPS) is 12.1. The van der Waals surface area contributed by atoms with Crippen molar-refractivity contribution in [2.24, 2.45) is 0 Å². The Morgan fingerprint density at radius 2 is 2.50 bits per heavy atom. The van der Waals surface area contributed by atoms with Crippen molar-refractivity contribution in [2.45, 2.75) is 19.9 Å². The van der Waals surface area contributed by atoms with Crippen LogP contribution in [-0.4, -0.2) is 15.6 Å². The molecule has 0 aliphatic rings. The standard InChI is InChI=1S/C9H10N2O/c1-4-7(2)11-9(8(3)12)5-6-10-11/h1,5-7H,2-3H3. The third kappa shape index (κ3) is 1.37. The quantitative estimate of drug-likeness (QED) is 0.485. The van der Waals surface area contributed by atoms with Crippen LogP contribution in [0.2, 0.25) is 0 Å². The van der Waals surface area contributed by atoms with E-state index >= 15 is 0 Å². The van der Waals surface area contributed by atoms with E-state index in [1.165, 1.54) is 6.92 Å². The van der Waals surface area contributed by atoms with E-state index in [-0.39, 0.29) is 11.8 Å². The van der Waals surface area contributed by atoms with Gasteiger partial charge in [0.05, 0.1) is 0 Å². The molecule has 1 heterocycles. The fraction of sp³-hybridized carbons (Fsp3) is 0.333. The van der Waals surface area contributed by atoms with Gasteiger partial charge < -0.3 is 0 Å². The summed E-state index contributed by atoms with van der Waals surface area (Å²) in [7, 11) is 0. The highest BCUT2D eigenvalue weighted by Crippen LogP contribution is 2.07. The number of nitrogens with zero attached hydrogens (tertiary/aromatic N) is 2. The Morgan fingerprint density at radius 3 is 3.00 bits per heavy atom. The Morgan fingerprint density at radius 1 is 1.83 bits per heavy atom. The summed E-state index contributed by atoms with van der Waals surface area (Å²) in [4.78, 5) is 11.0. The van der Waals surface area contributed by atoms with Crippen LogP contribution < -0.4 is 0 Å². The van der Waals surface area contributed by atoms with Gasteiger partial charge in [-0.1, -0.05) is 5.92 Å². The summed E-state index contributed by atoms with van der Waals surface area (Å²) in [6, 6.07) is 1.50. The van der Waals surface area contributed by atoms with E-state index in [9.17, 15) is 4.79 Å². The van der Waals surface area contributed by atoms with Crippen molar-refractivity contribution in [1.29, 1.82) is 0 Å². The minimum atomic E-state index is -0.168. The maximum Gasteiger partial charge on any atom is 0.177 e. The Bertz CT molecular complexity index is 333. The summed E-state index contributed by atoms with van der Waals surface area (Å²) in [5, 5.41) is 3.96. The van der Waals surface area contributed by atoms with E-state index in [4.69, 9.17) is 6.42 Å². The van der Waals surface area contributed by atoms with Gasteiger partial charge in [0.1, 0.15) is 11.7 Å². The van der Waals surface area contributed by atoms with Gasteiger partial charge in [-0.05, 0) is 13.0 Å². The van der Waals surface area contributed by atoms with Crippen LogP contribution in [0.4, 0.5) is 0 Å². The maximum atomic E-state index is 11.0. The van der Waals surface area contributed by atoms with Crippen LogP contribution in [0.5, 0.6) is 0 Å². The number of Topliss-reactive ketones (excluding diaryl/α,β-unsaturated/α-hetero) is 1. The molecule has 0 amide bonds. The summed E-state index contributed by atoms with van der Waals surface area (Å²) in [6.45, 7) is 3.32. The van der Waals surface area contributed by atoms with Gasteiger partial charge in [-0.2, -0.15) is 5.10 Å². The molecule has 0 aliphatic heterocycles. The molecule has 1 rings (SSSR count). The molecule has 3 nitrogen and oxygen atoms in total. The lowest BCUT2D eigenvalue weighted by atomic mass is 10.3. The Labute approximate surface area is 71.4 Å². The van der Waals surface area contributed by atoms with E-state index in [1.54, 1.807) is 16.9 Å². The lowest BCUT2D eigenvalue weighted by Gasteiger charge is -2.06. The molecule has 0 spiro atoms. The Hall–Kier alpha value is -1.56. The van der Waals surface area contributed by atoms with Crippen molar-refractivity contribution in [1.82, 2.24) is 9.78 Å². The monoisotopic (exact) mass is 162 g/mol. The molecule has 1 unspecified atom stereocenters. The van der Waals surface area contributed by atoms with Gasteiger partial charge in [0, 0.05) is 13.1 Å². The highest BCUT2D eigenvalue weighted by molar-refractivity contribution is 5.92. The third-order valence-electron chi connectivity index (χ3n) is 1.64. The topological polar surface area (TPSA) is 34.9 Å². The Balaban J connectivity index is 3.09. The van der Waals surface area contributed by atoms with Crippen LogP contribution in [0.15, 0.2) is 12.3 Å². The number of rotatable bonds is 2. The van der Waals surface area contributed by atoms with E-state index in [1.807, 2.05) is 6.92 Å². The molecule has 1 aromatic rings. The molecule has 1 atom stereocenters. The molecule has 0 saturated heterocycles. The molecule has 0 bridgehead atoms. The first kappa shape index (κ1) is 8.54. The molecule has 1 aromatic heterocycles. The molecule has 12 heavy (non-hydrogen) atoms. The highest BCUT2D eigenvalue weighted by Gasteiger charge is 2.10. The zero-order chi connectivity index (χ0) is 9.14. The highest BCUT2D eigenvalue weighted by atomic mass is 16.1. The molecule has 3 heteroatoms. The SMILES string of the molecule is C#CC(C)n1nccc1C(C)=O. The van der Waals surface area contributed by atoms with E-state index < -0.39 is 0 Å². The van der Waals surface area contributed by atoms with Crippen molar-refractivity contribution in [3.63, 3.8) is 0 Å². The largest absolute Gasteiger partial charge is 0.293 e. The van der Waals surface area contributed by atoms with E-state index in [0.29, 0.717) is 5.69 Å². The second-order valence-corrected chi connectivity index (χ2v) is 2.56. The molecule has 0 radical (unpaired) electrons. The lowest BCUT2D eigenvalue weighted by molar-refractivity contribution is 0.100. The average Bonchev–Trinajstić information content (AvgIpc) is 2.50. The van der Waals surface area contributed by atoms with Gasteiger partial charge in [0.2, 0.25) is 0 Å². The number of ketones is 1. The van der Waals surface area contributed by atoms with Crippen LogP contribution in [0.1, 0.15) is 30.4 Å². The molecule has 0 saturated carbocycles. The minimum absolute atomic E-state index is 0.0189. The molecule has 62 valence electrons. The molecule has 0 fully saturated rings. The first-order chi connectivity index (χ1) is 5.66. The van der Waals surface area contributed by atoms with Gasteiger partial charge in [-0.3, -0.25) is 4.79 Å². The number of carbonyl (C=O) groups excluding carboxylic acids is 1.